The molecule has 0 unspecified atom stereocenters. The highest BCUT2D eigenvalue weighted by atomic mass is 19.1. The van der Waals surface area contributed by atoms with E-state index in [4.69, 9.17) is 14.7 Å². The smallest absolute Gasteiger partial charge is 0.161 e. The van der Waals surface area contributed by atoms with E-state index in [2.05, 4.69) is 5.48 Å². The molecule has 1 aliphatic rings. The van der Waals surface area contributed by atoms with Gasteiger partial charge in [0.2, 0.25) is 0 Å². The molecule has 2 N–H and O–H groups in total. The first-order valence-electron chi connectivity index (χ1n) is 6.01. The summed E-state index contributed by atoms with van der Waals surface area (Å²) in [7, 11) is 0. The van der Waals surface area contributed by atoms with Gasteiger partial charge >= 0.3 is 0 Å². The van der Waals surface area contributed by atoms with Crippen molar-refractivity contribution in [1.82, 2.24) is 5.48 Å². The second-order valence-electron chi connectivity index (χ2n) is 4.81. The fourth-order valence-corrected chi connectivity index (χ4v) is 2.04. The lowest BCUT2D eigenvalue weighted by Gasteiger charge is -2.21. The van der Waals surface area contributed by atoms with Crippen LogP contribution in [-0.2, 0) is 12.2 Å². The number of hydrogen-bond donors (Lipinski definition) is 2. The van der Waals surface area contributed by atoms with Gasteiger partial charge < -0.3 is 14.7 Å². The zero-order chi connectivity index (χ0) is 13.2. The Morgan fingerprint density at radius 3 is 2.44 bits per heavy atom. The van der Waals surface area contributed by atoms with Gasteiger partial charge in [0.25, 0.3) is 0 Å². The van der Waals surface area contributed by atoms with Gasteiger partial charge in [-0.2, -0.15) is 0 Å². The maximum atomic E-state index is 14.2. The summed E-state index contributed by atoms with van der Waals surface area (Å²) in [6.07, 6.45) is 0.802. The molecule has 100 valence electrons. The molecule has 0 saturated heterocycles. The van der Waals surface area contributed by atoms with Crippen molar-refractivity contribution in [2.24, 2.45) is 0 Å². The normalized spacial score (nSPS) is 15.3. The van der Waals surface area contributed by atoms with Crippen LogP contribution in [0.15, 0.2) is 12.1 Å². The molecular formula is C13H18FNO3. The minimum atomic E-state index is -1.50. The molecule has 1 aromatic rings. The van der Waals surface area contributed by atoms with Crippen LogP contribution in [-0.4, -0.2) is 18.4 Å². The molecule has 0 fully saturated rings. The lowest BCUT2D eigenvalue weighted by Crippen LogP contribution is -2.17. The molecule has 0 aromatic heterocycles. The van der Waals surface area contributed by atoms with Gasteiger partial charge in [0.1, 0.15) is 5.67 Å². The highest BCUT2D eigenvalue weighted by Crippen LogP contribution is 2.38. The van der Waals surface area contributed by atoms with Crippen LogP contribution < -0.4 is 15.0 Å². The third kappa shape index (κ3) is 2.73. The molecule has 0 atom stereocenters. The van der Waals surface area contributed by atoms with E-state index in [1.54, 1.807) is 12.1 Å². The van der Waals surface area contributed by atoms with Crippen LogP contribution >= 0.6 is 0 Å². The van der Waals surface area contributed by atoms with Crippen molar-refractivity contribution >= 4 is 0 Å². The highest BCUT2D eigenvalue weighted by molar-refractivity contribution is 5.49. The second kappa shape index (κ2) is 5.12. The van der Waals surface area contributed by atoms with E-state index in [1.165, 1.54) is 13.8 Å². The molecule has 0 spiro atoms. The van der Waals surface area contributed by atoms with Gasteiger partial charge in [-0.25, -0.2) is 9.87 Å². The maximum Gasteiger partial charge on any atom is 0.161 e. The predicted molar refractivity (Wildman–Crippen MR) is 64.8 cm³/mol. The summed E-state index contributed by atoms with van der Waals surface area (Å²) in [5.41, 5.74) is 1.71. The quantitative estimate of drug-likeness (QED) is 0.815. The van der Waals surface area contributed by atoms with Gasteiger partial charge in [-0.15, -0.1) is 0 Å². The van der Waals surface area contributed by atoms with E-state index in [-0.39, 0.29) is 6.54 Å². The predicted octanol–water partition coefficient (Wildman–Crippen LogP) is 2.53. The zero-order valence-corrected chi connectivity index (χ0v) is 10.6. The summed E-state index contributed by atoms with van der Waals surface area (Å²) in [6, 6.07) is 3.38. The minimum absolute atomic E-state index is 0.166. The number of rotatable bonds is 3. The summed E-state index contributed by atoms with van der Waals surface area (Å²) in [6.45, 7) is 4.27. The van der Waals surface area contributed by atoms with Crippen molar-refractivity contribution in [3.8, 4) is 11.5 Å². The average molecular weight is 255 g/mol. The van der Waals surface area contributed by atoms with Gasteiger partial charge in [-0.1, -0.05) is 0 Å². The first-order valence-corrected chi connectivity index (χ1v) is 6.01. The van der Waals surface area contributed by atoms with E-state index in [1.807, 2.05) is 0 Å². The van der Waals surface area contributed by atoms with Gasteiger partial charge in [-0.05, 0) is 37.1 Å². The van der Waals surface area contributed by atoms with Gasteiger partial charge in [0.15, 0.2) is 11.5 Å². The fraction of sp³-hybridized carbons (Fsp3) is 0.538. The SMILES string of the molecule is CC(C)(F)c1cc2c(cc1CNO)OCCCO2. The van der Waals surface area contributed by atoms with Crippen LogP contribution in [0.3, 0.4) is 0 Å². The van der Waals surface area contributed by atoms with Crippen LogP contribution in [0.1, 0.15) is 31.4 Å². The number of fused-ring (bicyclic) bond motifs is 1. The Morgan fingerprint density at radius 2 is 1.89 bits per heavy atom. The molecule has 1 heterocycles. The molecule has 18 heavy (non-hydrogen) atoms. The molecule has 0 saturated carbocycles. The van der Waals surface area contributed by atoms with Crippen molar-refractivity contribution in [3.05, 3.63) is 23.3 Å². The van der Waals surface area contributed by atoms with Crippen molar-refractivity contribution in [3.63, 3.8) is 0 Å². The molecule has 2 rings (SSSR count). The molecule has 5 heteroatoms. The van der Waals surface area contributed by atoms with E-state index >= 15 is 0 Å². The second-order valence-corrected chi connectivity index (χ2v) is 4.81. The summed E-state index contributed by atoms with van der Waals surface area (Å²) in [5, 5.41) is 8.82. The fourth-order valence-electron chi connectivity index (χ4n) is 2.04. The first-order chi connectivity index (χ1) is 8.52. The molecule has 0 bridgehead atoms. The van der Waals surface area contributed by atoms with Crippen LogP contribution in [0.4, 0.5) is 4.39 Å². The molecule has 1 aromatic carbocycles. The maximum absolute atomic E-state index is 14.2. The summed E-state index contributed by atoms with van der Waals surface area (Å²) >= 11 is 0. The van der Waals surface area contributed by atoms with Gasteiger partial charge in [0.05, 0.1) is 13.2 Å². The van der Waals surface area contributed by atoms with Crippen molar-refractivity contribution in [2.45, 2.75) is 32.5 Å². The Bertz CT molecular complexity index is 429. The van der Waals surface area contributed by atoms with Crippen molar-refractivity contribution < 1.29 is 19.1 Å². The Morgan fingerprint density at radius 1 is 1.28 bits per heavy atom. The molecule has 0 radical (unpaired) electrons. The summed E-state index contributed by atoms with van der Waals surface area (Å²) in [5.74, 6) is 1.17. The minimum Gasteiger partial charge on any atom is -0.490 e. The monoisotopic (exact) mass is 255 g/mol. The highest BCUT2D eigenvalue weighted by Gasteiger charge is 2.25. The first kappa shape index (κ1) is 13.1. The van der Waals surface area contributed by atoms with E-state index in [0.29, 0.717) is 35.8 Å². The largest absolute Gasteiger partial charge is 0.490 e. The number of nitrogens with one attached hydrogen (secondary N) is 1. The third-order valence-electron chi connectivity index (χ3n) is 2.88. The Balaban J connectivity index is 2.47. The summed E-state index contributed by atoms with van der Waals surface area (Å²) < 4.78 is 25.3. The molecule has 0 aliphatic carbocycles. The van der Waals surface area contributed by atoms with Crippen molar-refractivity contribution in [1.29, 1.82) is 0 Å². The Hall–Kier alpha value is -1.33. The van der Waals surface area contributed by atoms with Crippen LogP contribution in [0, 0.1) is 0 Å². The topological polar surface area (TPSA) is 50.7 Å². The van der Waals surface area contributed by atoms with Gasteiger partial charge in [-0.3, -0.25) is 0 Å². The number of benzene rings is 1. The van der Waals surface area contributed by atoms with E-state index in [0.717, 1.165) is 6.42 Å². The number of alkyl halides is 1. The Kier molecular flexibility index (Phi) is 3.73. The zero-order valence-electron chi connectivity index (χ0n) is 10.6. The van der Waals surface area contributed by atoms with Crippen LogP contribution in [0.2, 0.25) is 0 Å². The standard InChI is InChI=1S/C13H18FNO3/c1-13(2,14)10-7-12-11(6-9(10)8-15-16)17-4-3-5-18-12/h6-7,15-16H,3-5,8H2,1-2H3. The van der Waals surface area contributed by atoms with Crippen LogP contribution in [0.5, 0.6) is 11.5 Å². The third-order valence-corrected chi connectivity index (χ3v) is 2.88. The van der Waals surface area contributed by atoms with E-state index in [9.17, 15) is 4.39 Å². The molecule has 0 amide bonds. The lowest BCUT2D eigenvalue weighted by molar-refractivity contribution is 0.158. The Labute approximate surface area is 106 Å². The number of hydroxylamine groups is 1. The van der Waals surface area contributed by atoms with Gasteiger partial charge in [0, 0.05) is 13.0 Å². The number of ether oxygens (including phenoxy) is 2. The lowest BCUT2D eigenvalue weighted by atomic mass is 9.94. The van der Waals surface area contributed by atoms with E-state index < -0.39 is 5.67 Å². The average Bonchev–Trinajstić information content (AvgIpc) is 2.51. The summed E-state index contributed by atoms with van der Waals surface area (Å²) in [4.78, 5) is 0. The van der Waals surface area contributed by atoms with Crippen molar-refractivity contribution in [2.75, 3.05) is 13.2 Å². The number of hydrogen-bond acceptors (Lipinski definition) is 4. The number of halogens is 1. The molecule has 4 nitrogen and oxygen atoms in total. The van der Waals surface area contributed by atoms with Crippen LogP contribution in [0.25, 0.3) is 0 Å². The molecule has 1 aliphatic heterocycles. The molecular weight excluding hydrogens is 237 g/mol.